The molecule has 28 heavy (non-hydrogen) atoms. The van der Waals surface area contributed by atoms with Crippen LogP contribution in [0.3, 0.4) is 0 Å². The largest absolute Gasteiger partial charge is 0.497 e. The van der Waals surface area contributed by atoms with Crippen LogP contribution in [0.15, 0.2) is 36.4 Å². The van der Waals surface area contributed by atoms with Crippen molar-refractivity contribution in [2.75, 3.05) is 20.3 Å². The first-order valence-corrected chi connectivity index (χ1v) is 13.1. The molecule has 0 fully saturated rings. The molecule has 0 heterocycles. The van der Waals surface area contributed by atoms with Crippen molar-refractivity contribution in [2.24, 2.45) is 11.8 Å². The number of methoxy groups -OCH3 is 1. The molecule has 0 aliphatic heterocycles. The van der Waals surface area contributed by atoms with Crippen molar-refractivity contribution in [3.63, 3.8) is 0 Å². The van der Waals surface area contributed by atoms with Crippen LogP contribution in [0, 0.1) is 11.8 Å². The number of hydrogen-bond acceptors (Lipinski definition) is 4. The Morgan fingerprint density at radius 2 is 1.71 bits per heavy atom. The molecule has 0 saturated heterocycles. The summed E-state index contributed by atoms with van der Waals surface area (Å²) in [6, 6.07) is 7.96. The van der Waals surface area contributed by atoms with Gasteiger partial charge in [-0.25, -0.2) is 0 Å². The summed E-state index contributed by atoms with van der Waals surface area (Å²) in [6.45, 7) is 16.9. The van der Waals surface area contributed by atoms with Crippen molar-refractivity contribution >= 4 is 8.32 Å². The molecule has 3 atom stereocenters. The van der Waals surface area contributed by atoms with Crippen LogP contribution in [0.5, 0.6) is 5.75 Å². The van der Waals surface area contributed by atoms with Gasteiger partial charge in [0, 0.05) is 18.4 Å². The summed E-state index contributed by atoms with van der Waals surface area (Å²) in [5.74, 6) is 1.27. The van der Waals surface area contributed by atoms with Gasteiger partial charge in [0.1, 0.15) is 5.75 Å². The van der Waals surface area contributed by atoms with E-state index in [0.717, 1.165) is 11.3 Å². The van der Waals surface area contributed by atoms with E-state index in [1.165, 1.54) is 0 Å². The number of aliphatic hydroxyl groups is 1. The average Bonchev–Trinajstić information content (AvgIpc) is 2.64. The van der Waals surface area contributed by atoms with Crippen LogP contribution in [-0.4, -0.2) is 39.9 Å². The molecule has 0 unspecified atom stereocenters. The van der Waals surface area contributed by atoms with Crippen LogP contribution in [0.2, 0.25) is 18.1 Å². The molecule has 0 radical (unpaired) electrons. The summed E-state index contributed by atoms with van der Waals surface area (Å²) in [5, 5.41) is 9.32. The van der Waals surface area contributed by atoms with E-state index in [4.69, 9.17) is 19.0 Å². The van der Waals surface area contributed by atoms with Crippen LogP contribution in [0.25, 0.3) is 0 Å². The Morgan fingerprint density at radius 1 is 1.11 bits per heavy atom. The third-order valence-electron chi connectivity index (χ3n) is 5.74. The second kappa shape index (κ2) is 11.1. The highest BCUT2D eigenvalue weighted by atomic mass is 28.4. The van der Waals surface area contributed by atoms with Gasteiger partial charge in [-0.15, -0.1) is 0 Å². The molecular weight excluding hydrogens is 368 g/mol. The third kappa shape index (κ3) is 7.70. The molecule has 1 aromatic rings. The lowest BCUT2D eigenvalue weighted by Crippen LogP contribution is -2.43. The van der Waals surface area contributed by atoms with Crippen molar-refractivity contribution < 1.29 is 19.0 Å². The normalized spacial score (nSPS) is 16.2. The number of ether oxygens (including phenoxy) is 2. The SMILES string of the molecule is COc1ccc(CO[C@@H]([C@H](C)/C=C/CO)[C@@H](C)CO[Si](C)(C)C(C)(C)C)cc1. The minimum atomic E-state index is -1.80. The molecule has 1 N–H and O–H groups in total. The van der Waals surface area contributed by atoms with Gasteiger partial charge in [0.25, 0.3) is 0 Å². The first-order chi connectivity index (χ1) is 13.0. The van der Waals surface area contributed by atoms with Gasteiger partial charge in [-0.3, -0.25) is 0 Å². The molecule has 0 aliphatic rings. The van der Waals surface area contributed by atoms with Gasteiger partial charge in [0.15, 0.2) is 8.32 Å². The fraction of sp³-hybridized carbons (Fsp3) is 0.652. The maximum Gasteiger partial charge on any atom is 0.191 e. The molecule has 0 aromatic heterocycles. The topological polar surface area (TPSA) is 47.9 Å². The first-order valence-electron chi connectivity index (χ1n) is 10.2. The lowest BCUT2D eigenvalue weighted by Gasteiger charge is -2.38. The fourth-order valence-electron chi connectivity index (χ4n) is 2.78. The van der Waals surface area contributed by atoms with Gasteiger partial charge in [-0.1, -0.05) is 58.9 Å². The molecule has 0 spiro atoms. The predicted octanol–water partition coefficient (Wildman–Crippen LogP) is 5.42. The monoisotopic (exact) mass is 408 g/mol. The van der Waals surface area contributed by atoms with Crippen molar-refractivity contribution in [2.45, 2.75) is 65.5 Å². The molecular formula is C23H40O4Si. The summed E-state index contributed by atoms with van der Waals surface area (Å²) in [7, 11) is -0.131. The van der Waals surface area contributed by atoms with E-state index in [9.17, 15) is 0 Å². The summed E-state index contributed by atoms with van der Waals surface area (Å²) in [4.78, 5) is 0. The molecule has 0 saturated carbocycles. The Bertz CT molecular complexity index is 590. The Balaban J connectivity index is 2.81. The predicted molar refractivity (Wildman–Crippen MR) is 119 cm³/mol. The molecule has 1 rings (SSSR count). The van der Waals surface area contributed by atoms with Crippen molar-refractivity contribution in [1.82, 2.24) is 0 Å². The van der Waals surface area contributed by atoms with Crippen molar-refractivity contribution in [1.29, 1.82) is 0 Å². The van der Waals surface area contributed by atoms with Crippen LogP contribution in [-0.2, 0) is 15.8 Å². The molecule has 0 amide bonds. The van der Waals surface area contributed by atoms with Gasteiger partial charge in [-0.2, -0.15) is 0 Å². The minimum absolute atomic E-state index is 0.00895. The summed E-state index contributed by atoms with van der Waals surface area (Å²) >= 11 is 0. The Kier molecular flexibility index (Phi) is 9.91. The van der Waals surface area contributed by atoms with Crippen LogP contribution >= 0.6 is 0 Å². The quantitative estimate of drug-likeness (QED) is 0.392. The van der Waals surface area contributed by atoms with Gasteiger partial charge in [-0.05, 0) is 35.8 Å². The van der Waals surface area contributed by atoms with Crippen LogP contribution in [0.4, 0.5) is 0 Å². The van der Waals surface area contributed by atoms with Crippen LogP contribution < -0.4 is 4.74 Å². The van der Waals surface area contributed by atoms with Gasteiger partial charge in [0.05, 0.1) is 26.4 Å². The highest BCUT2D eigenvalue weighted by molar-refractivity contribution is 6.74. The smallest absolute Gasteiger partial charge is 0.191 e. The fourth-order valence-corrected chi connectivity index (χ4v) is 3.90. The number of hydrogen-bond donors (Lipinski definition) is 1. The van der Waals surface area contributed by atoms with Gasteiger partial charge in [0.2, 0.25) is 0 Å². The number of aliphatic hydroxyl groups excluding tert-OH is 1. The standard InChI is InChI=1S/C23H40O4Si/c1-18(10-9-15-24)22(19(2)16-27-28(7,8)23(3,4)5)26-17-20-11-13-21(25-6)14-12-20/h9-14,18-19,22,24H,15-17H2,1-8H3/b10-9+/t18-,19+,22+/m1/s1. The highest BCUT2D eigenvalue weighted by Gasteiger charge is 2.38. The minimum Gasteiger partial charge on any atom is -0.497 e. The second-order valence-electron chi connectivity index (χ2n) is 9.14. The Morgan fingerprint density at radius 3 is 2.21 bits per heavy atom. The maximum absolute atomic E-state index is 9.13. The zero-order valence-corrected chi connectivity index (χ0v) is 20.0. The maximum atomic E-state index is 9.13. The average molecular weight is 409 g/mol. The Hall–Kier alpha value is -1.14. The van der Waals surface area contributed by atoms with E-state index in [0.29, 0.717) is 13.2 Å². The van der Waals surface area contributed by atoms with E-state index in [2.05, 4.69) is 47.7 Å². The van der Waals surface area contributed by atoms with Gasteiger partial charge < -0.3 is 19.0 Å². The van der Waals surface area contributed by atoms with Crippen molar-refractivity contribution in [3.05, 3.63) is 42.0 Å². The molecule has 160 valence electrons. The summed E-state index contributed by atoms with van der Waals surface area (Å²) in [5.41, 5.74) is 1.11. The molecule has 5 heteroatoms. The molecule has 0 bridgehead atoms. The van der Waals surface area contributed by atoms with E-state index in [1.807, 2.05) is 30.3 Å². The van der Waals surface area contributed by atoms with E-state index in [1.54, 1.807) is 13.2 Å². The summed E-state index contributed by atoms with van der Waals surface area (Å²) < 4.78 is 18.0. The van der Waals surface area contributed by atoms with Crippen LogP contribution in [0.1, 0.15) is 40.2 Å². The number of rotatable bonds is 11. The summed E-state index contributed by atoms with van der Waals surface area (Å²) in [6.07, 6.45) is 3.83. The molecule has 1 aromatic carbocycles. The molecule has 0 aliphatic carbocycles. The van der Waals surface area contributed by atoms with E-state index < -0.39 is 8.32 Å². The highest BCUT2D eigenvalue weighted by Crippen LogP contribution is 2.37. The number of benzene rings is 1. The van der Waals surface area contributed by atoms with Crippen molar-refractivity contribution in [3.8, 4) is 5.75 Å². The van der Waals surface area contributed by atoms with E-state index >= 15 is 0 Å². The van der Waals surface area contributed by atoms with E-state index in [-0.39, 0.29) is 29.6 Å². The first kappa shape index (κ1) is 24.9. The second-order valence-corrected chi connectivity index (χ2v) is 14.0. The lowest BCUT2D eigenvalue weighted by atomic mass is 9.93. The zero-order chi connectivity index (χ0) is 21.4. The third-order valence-corrected chi connectivity index (χ3v) is 10.2. The lowest BCUT2D eigenvalue weighted by molar-refractivity contribution is -0.0294. The Labute approximate surface area is 173 Å². The van der Waals surface area contributed by atoms with Gasteiger partial charge >= 0.3 is 0 Å². The zero-order valence-electron chi connectivity index (χ0n) is 19.0. The molecule has 4 nitrogen and oxygen atoms in total.